The third-order valence-corrected chi connectivity index (χ3v) is 2.77. The lowest BCUT2D eigenvalue weighted by atomic mass is 9.89. The Morgan fingerprint density at radius 3 is 2.20 bits per heavy atom. The molecule has 0 fully saturated rings. The van der Waals surface area contributed by atoms with E-state index in [1.165, 1.54) is 33.1 Å². The molecule has 0 spiro atoms. The van der Waals surface area contributed by atoms with Gasteiger partial charge in [-0.3, -0.25) is 9.59 Å². The second-order valence-corrected chi connectivity index (χ2v) is 4.98. The molecule has 1 amide bonds. The second-order valence-electron chi connectivity index (χ2n) is 4.98. The first-order valence-electron chi connectivity index (χ1n) is 5.98. The van der Waals surface area contributed by atoms with Gasteiger partial charge in [-0.2, -0.15) is 0 Å². The van der Waals surface area contributed by atoms with E-state index in [1.807, 2.05) is 0 Å². The van der Waals surface area contributed by atoms with Gasteiger partial charge >= 0.3 is 11.9 Å². The number of hydrogen-bond acceptors (Lipinski definition) is 4. The summed E-state index contributed by atoms with van der Waals surface area (Å²) in [6.07, 6.45) is -0.138. The monoisotopic (exact) mass is 279 g/mol. The quantitative estimate of drug-likeness (QED) is 0.803. The van der Waals surface area contributed by atoms with Gasteiger partial charge in [-0.15, -0.1) is 0 Å². The van der Waals surface area contributed by atoms with Crippen molar-refractivity contribution in [2.24, 2.45) is 5.41 Å². The van der Waals surface area contributed by atoms with Crippen molar-refractivity contribution in [1.29, 1.82) is 0 Å². The Kier molecular flexibility index (Phi) is 4.85. The van der Waals surface area contributed by atoms with Gasteiger partial charge in [0, 0.05) is 12.1 Å². The zero-order chi connectivity index (χ0) is 15.3. The lowest BCUT2D eigenvalue weighted by Gasteiger charge is -2.18. The largest absolute Gasteiger partial charge is 0.481 e. The molecule has 0 bridgehead atoms. The number of aliphatic carboxylic acids is 1. The number of carboxylic acid groups (broad SMARTS) is 1. The van der Waals surface area contributed by atoms with Crippen molar-refractivity contribution in [3.63, 3.8) is 0 Å². The van der Waals surface area contributed by atoms with Crippen LogP contribution in [0.5, 0.6) is 0 Å². The number of carbonyl (C=O) groups is 3. The van der Waals surface area contributed by atoms with Crippen LogP contribution < -0.4 is 5.32 Å². The minimum Gasteiger partial charge on any atom is -0.481 e. The standard InChI is InChI=1S/C14H17NO5/c1-14(2,13(18)19)8-11(16)15-10-6-4-9(5-7-10)12(17)20-3/h4-7H,8H2,1-3H3,(H,15,16)(H,18,19). The molecule has 0 saturated carbocycles. The van der Waals surface area contributed by atoms with E-state index in [-0.39, 0.29) is 6.42 Å². The number of rotatable bonds is 5. The number of amides is 1. The van der Waals surface area contributed by atoms with Crippen molar-refractivity contribution in [2.75, 3.05) is 12.4 Å². The molecule has 6 heteroatoms. The molecule has 0 aliphatic carbocycles. The predicted octanol–water partition coefficient (Wildman–Crippen LogP) is 1.91. The molecule has 1 aromatic carbocycles. The van der Waals surface area contributed by atoms with Crippen molar-refractivity contribution >= 4 is 23.5 Å². The van der Waals surface area contributed by atoms with Gasteiger partial charge in [0.2, 0.25) is 5.91 Å². The summed E-state index contributed by atoms with van der Waals surface area (Å²) in [6, 6.07) is 6.14. The highest BCUT2D eigenvalue weighted by Gasteiger charge is 2.30. The van der Waals surface area contributed by atoms with Crippen LogP contribution >= 0.6 is 0 Å². The molecule has 20 heavy (non-hydrogen) atoms. The Labute approximate surface area is 116 Å². The smallest absolute Gasteiger partial charge is 0.337 e. The van der Waals surface area contributed by atoms with E-state index in [1.54, 1.807) is 12.1 Å². The van der Waals surface area contributed by atoms with Crippen molar-refractivity contribution in [2.45, 2.75) is 20.3 Å². The summed E-state index contributed by atoms with van der Waals surface area (Å²) in [5.74, 6) is -1.90. The fourth-order valence-electron chi connectivity index (χ4n) is 1.49. The van der Waals surface area contributed by atoms with Crippen LogP contribution in [0.1, 0.15) is 30.6 Å². The lowest BCUT2D eigenvalue weighted by molar-refractivity contribution is -0.148. The number of esters is 1. The first-order valence-corrected chi connectivity index (χ1v) is 5.98. The van der Waals surface area contributed by atoms with E-state index in [4.69, 9.17) is 5.11 Å². The van der Waals surface area contributed by atoms with Crippen molar-refractivity contribution in [1.82, 2.24) is 0 Å². The summed E-state index contributed by atoms with van der Waals surface area (Å²) in [5, 5.41) is 11.5. The average Bonchev–Trinajstić information content (AvgIpc) is 2.37. The molecule has 0 aromatic heterocycles. The number of anilines is 1. The van der Waals surface area contributed by atoms with Crippen LogP contribution in [-0.4, -0.2) is 30.1 Å². The van der Waals surface area contributed by atoms with Crippen LogP contribution in [0.15, 0.2) is 24.3 Å². The molecule has 0 heterocycles. The molecule has 0 atom stereocenters. The Morgan fingerprint density at radius 1 is 1.20 bits per heavy atom. The van der Waals surface area contributed by atoms with Crippen molar-refractivity contribution in [3.8, 4) is 0 Å². The van der Waals surface area contributed by atoms with E-state index in [0.29, 0.717) is 11.3 Å². The van der Waals surface area contributed by atoms with Crippen LogP contribution in [0.4, 0.5) is 5.69 Å². The Morgan fingerprint density at radius 2 is 1.75 bits per heavy atom. The van der Waals surface area contributed by atoms with Gasteiger partial charge in [0.15, 0.2) is 0 Å². The maximum absolute atomic E-state index is 11.7. The number of carboxylic acids is 1. The third kappa shape index (κ3) is 4.08. The summed E-state index contributed by atoms with van der Waals surface area (Å²) in [5.41, 5.74) is -0.268. The van der Waals surface area contributed by atoms with Crippen molar-refractivity contribution in [3.05, 3.63) is 29.8 Å². The summed E-state index contributed by atoms with van der Waals surface area (Å²) < 4.78 is 4.56. The normalized spacial score (nSPS) is 10.8. The Hall–Kier alpha value is -2.37. The van der Waals surface area contributed by atoms with Crippen LogP contribution in [0.3, 0.4) is 0 Å². The molecular weight excluding hydrogens is 262 g/mol. The molecule has 2 N–H and O–H groups in total. The van der Waals surface area contributed by atoms with E-state index >= 15 is 0 Å². The summed E-state index contributed by atoms with van der Waals surface area (Å²) in [7, 11) is 1.28. The lowest BCUT2D eigenvalue weighted by Crippen LogP contribution is -2.29. The number of ether oxygens (including phenoxy) is 1. The molecule has 6 nitrogen and oxygen atoms in total. The number of carbonyl (C=O) groups excluding carboxylic acids is 2. The first-order chi connectivity index (χ1) is 9.26. The fourth-order valence-corrected chi connectivity index (χ4v) is 1.49. The van der Waals surface area contributed by atoms with E-state index in [0.717, 1.165) is 0 Å². The number of methoxy groups -OCH3 is 1. The molecule has 1 aromatic rings. The minimum atomic E-state index is -1.13. The van der Waals surface area contributed by atoms with Crippen LogP contribution in [0.25, 0.3) is 0 Å². The Bertz CT molecular complexity index is 519. The minimum absolute atomic E-state index is 0.138. The molecule has 0 saturated heterocycles. The highest BCUT2D eigenvalue weighted by molar-refractivity contribution is 5.95. The highest BCUT2D eigenvalue weighted by Crippen LogP contribution is 2.21. The molecule has 0 radical (unpaired) electrons. The van der Waals surface area contributed by atoms with Crippen LogP contribution in [0, 0.1) is 5.41 Å². The maximum Gasteiger partial charge on any atom is 0.337 e. The fraction of sp³-hybridized carbons (Fsp3) is 0.357. The third-order valence-electron chi connectivity index (χ3n) is 2.77. The summed E-state index contributed by atoms with van der Waals surface area (Å²) in [4.78, 5) is 33.9. The van der Waals surface area contributed by atoms with Gasteiger partial charge in [-0.05, 0) is 38.1 Å². The molecule has 0 unspecified atom stereocenters. The number of nitrogens with one attached hydrogen (secondary N) is 1. The van der Waals surface area contributed by atoms with Gasteiger partial charge < -0.3 is 15.2 Å². The number of benzene rings is 1. The van der Waals surface area contributed by atoms with Crippen LogP contribution in [-0.2, 0) is 14.3 Å². The first kappa shape index (κ1) is 15.7. The predicted molar refractivity (Wildman–Crippen MR) is 72.4 cm³/mol. The van der Waals surface area contributed by atoms with E-state index < -0.39 is 23.3 Å². The average molecular weight is 279 g/mol. The molecule has 108 valence electrons. The number of hydrogen-bond donors (Lipinski definition) is 2. The highest BCUT2D eigenvalue weighted by atomic mass is 16.5. The zero-order valence-corrected chi connectivity index (χ0v) is 11.6. The van der Waals surface area contributed by atoms with Gasteiger partial charge in [0.05, 0.1) is 18.1 Å². The van der Waals surface area contributed by atoms with E-state index in [9.17, 15) is 14.4 Å². The van der Waals surface area contributed by atoms with Gasteiger partial charge in [0.1, 0.15) is 0 Å². The zero-order valence-electron chi connectivity index (χ0n) is 11.6. The molecular formula is C14H17NO5. The molecule has 1 rings (SSSR count). The SMILES string of the molecule is COC(=O)c1ccc(NC(=O)CC(C)(C)C(=O)O)cc1. The Balaban J connectivity index is 2.68. The van der Waals surface area contributed by atoms with Crippen LogP contribution in [0.2, 0.25) is 0 Å². The van der Waals surface area contributed by atoms with Crippen molar-refractivity contribution < 1.29 is 24.2 Å². The molecule has 0 aliphatic heterocycles. The van der Waals surface area contributed by atoms with E-state index in [2.05, 4.69) is 10.1 Å². The topological polar surface area (TPSA) is 92.7 Å². The maximum atomic E-state index is 11.7. The summed E-state index contributed by atoms with van der Waals surface area (Å²) in [6.45, 7) is 2.96. The van der Waals surface area contributed by atoms with Gasteiger partial charge in [-0.25, -0.2) is 4.79 Å². The second kappa shape index (κ2) is 6.18. The van der Waals surface area contributed by atoms with Gasteiger partial charge in [-0.1, -0.05) is 0 Å². The summed E-state index contributed by atoms with van der Waals surface area (Å²) >= 11 is 0. The molecule has 0 aliphatic rings. The van der Waals surface area contributed by atoms with Gasteiger partial charge in [0.25, 0.3) is 0 Å².